The third kappa shape index (κ3) is 2.88. The Bertz CT molecular complexity index is 484. The molecular formula is C12H14BrN3O2. The number of nitrogen functional groups attached to an aromatic ring is 1. The van der Waals surface area contributed by atoms with Gasteiger partial charge in [-0.2, -0.15) is 0 Å². The van der Waals surface area contributed by atoms with Gasteiger partial charge in [0.1, 0.15) is 0 Å². The number of anilines is 1. The van der Waals surface area contributed by atoms with Crippen molar-refractivity contribution in [2.75, 3.05) is 12.3 Å². The van der Waals surface area contributed by atoms with Crippen LogP contribution in [0.3, 0.4) is 0 Å². The summed E-state index contributed by atoms with van der Waals surface area (Å²) in [6.45, 7) is 2.52. The lowest BCUT2D eigenvalue weighted by atomic mass is 10.1. The zero-order chi connectivity index (χ0) is 13.3. The number of benzene rings is 1. The first-order chi connectivity index (χ1) is 8.45. The number of nitrogens with zero attached hydrogens (tertiary/aromatic N) is 1. The van der Waals surface area contributed by atoms with Gasteiger partial charge in [0.15, 0.2) is 0 Å². The van der Waals surface area contributed by atoms with E-state index in [1.165, 1.54) is 0 Å². The highest BCUT2D eigenvalue weighted by molar-refractivity contribution is 9.10. The van der Waals surface area contributed by atoms with E-state index in [1.807, 2.05) is 17.0 Å². The molecule has 1 heterocycles. The topological polar surface area (TPSA) is 75.4 Å². The highest BCUT2D eigenvalue weighted by Gasteiger charge is 2.29. The van der Waals surface area contributed by atoms with E-state index in [9.17, 15) is 9.59 Å². The molecule has 1 fully saturated rings. The quantitative estimate of drug-likeness (QED) is 0.628. The van der Waals surface area contributed by atoms with Gasteiger partial charge >= 0.3 is 0 Å². The minimum atomic E-state index is -0.317. The van der Waals surface area contributed by atoms with Crippen molar-refractivity contribution in [1.29, 1.82) is 0 Å². The fourth-order valence-corrected chi connectivity index (χ4v) is 2.52. The number of rotatable bonds is 2. The van der Waals surface area contributed by atoms with E-state index in [-0.39, 0.29) is 24.4 Å². The smallest absolute Gasteiger partial charge is 0.243 e. The fraction of sp³-hybridized carbons (Fsp3) is 0.333. The zero-order valence-electron chi connectivity index (χ0n) is 9.94. The van der Waals surface area contributed by atoms with Gasteiger partial charge in [-0.05, 0) is 30.7 Å². The van der Waals surface area contributed by atoms with E-state index >= 15 is 0 Å². The Morgan fingerprint density at radius 2 is 2.17 bits per heavy atom. The second-order valence-corrected chi connectivity index (χ2v) is 5.30. The Morgan fingerprint density at radius 1 is 1.44 bits per heavy atom. The molecule has 1 atom stereocenters. The highest BCUT2D eigenvalue weighted by atomic mass is 79.9. The van der Waals surface area contributed by atoms with Crippen LogP contribution in [0.1, 0.15) is 12.5 Å². The van der Waals surface area contributed by atoms with Crippen molar-refractivity contribution in [1.82, 2.24) is 10.2 Å². The molecule has 1 unspecified atom stereocenters. The molecule has 2 amide bonds. The van der Waals surface area contributed by atoms with Gasteiger partial charge in [0.2, 0.25) is 11.8 Å². The molecule has 1 aromatic carbocycles. The summed E-state index contributed by atoms with van der Waals surface area (Å²) in [5.41, 5.74) is 7.38. The van der Waals surface area contributed by atoms with Crippen molar-refractivity contribution in [2.45, 2.75) is 19.5 Å². The Balaban J connectivity index is 2.17. The van der Waals surface area contributed by atoms with Gasteiger partial charge < -0.3 is 5.73 Å². The average Bonchev–Trinajstić information content (AvgIpc) is 2.23. The number of piperazine rings is 1. The largest absolute Gasteiger partial charge is 0.399 e. The molecule has 1 aliphatic heterocycles. The van der Waals surface area contributed by atoms with Crippen molar-refractivity contribution < 1.29 is 9.59 Å². The summed E-state index contributed by atoms with van der Waals surface area (Å²) < 4.78 is 0.887. The van der Waals surface area contributed by atoms with Crippen molar-refractivity contribution in [3.63, 3.8) is 0 Å². The molecule has 0 spiro atoms. The first-order valence-electron chi connectivity index (χ1n) is 5.58. The summed E-state index contributed by atoms with van der Waals surface area (Å²) in [7, 11) is 0. The third-order valence-electron chi connectivity index (χ3n) is 2.90. The summed E-state index contributed by atoms with van der Waals surface area (Å²) in [4.78, 5) is 24.7. The van der Waals surface area contributed by atoms with Crippen LogP contribution in [0.4, 0.5) is 5.69 Å². The molecule has 0 aromatic heterocycles. The fourth-order valence-electron chi connectivity index (χ4n) is 1.96. The van der Waals surface area contributed by atoms with Crippen LogP contribution in [0.15, 0.2) is 22.7 Å². The molecule has 0 radical (unpaired) electrons. The number of carbonyl (C=O) groups is 2. The van der Waals surface area contributed by atoms with Crippen molar-refractivity contribution >= 4 is 33.4 Å². The van der Waals surface area contributed by atoms with Gasteiger partial charge in [0.05, 0.1) is 12.6 Å². The van der Waals surface area contributed by atoms with Gasteiger partial charge in [-0.25, -0.2) is 0 Å². The summed E-state index contributed by atoms with van der Waals surface area (Å²) in [6, 6.07) is 5.26. The molecule has 18 heavy (non-hydrogen) atoms. The van der Waals surface area contributed by atoms with Crippen molar-refractivity contribution in [2.24, 2.45) is 0 Å². The van der Waals surface area contributed by atoms with E-state index < -0.39 is 0 Å². The molecular weight excluding hydrogens is 298 g/mol. The third-order valence-corrected chi connectivity index (χ3v) is 3.36. The Morgan fingerprint density at radius 3 is 2.83 bits per heavy atom. The number of imide groups is 1. The Kier molecular flexibility index (Phi) is 3.68. The lowest BCUT2D eigenvalue weighted by Crippen LogP contribution is -2.56. The maximum absolute atomic E-state index is 11.5. The molecule has 0 saturated carbocycles. The van der Waals surface area contributed by atoms with Crippen molar-refractivity contribution in [3.8, 4) is 0 Å². The minimum Gasteiger partial charge on any atom is -0.399 e. The predicted molar refractivity (Wildman–Crippen MR) is 71.6 cm³/mol. The molecule has 5 nitrogen and oxygen atoms in total. The minimum absolute atomic E-state index is 0.222. The number of amides is 2. The number of hydrogen-bond donors (Lipinski definition) is 2. The number of nitrogens with one attached hydrogen (secondary N) is 1. The van der Waals surface area contributed by atoms with Crippen LogP contribution < -0.4 is 11.1 Å². The van der Waals surface area contributed by atoms with Crippen LogP contribution in [-0.2, 0) is 16.1 Å². The number of hydrogen-bond acceptors (Lipinski definition) is 4. The Labute approximate surface area is 113 Å². The molecule has 6 heteroatoms. The van der Waals surface area contributed by atoms with E-state index in [1.54, 1.807) is 13.0 Å². The predicted octanol–water partition coefficient (Wildman–Crippen LogP) is 0.878. The van der Waals surface area contributed by atoms with E-state index in [0.29, 0.717) is 12.2 Å². The van der Waals surface area contributed by atoms with Crippen LogP contribution in [-0.4, -0.2) is 29.3 Å². The Hall–Kier alpha value is -1.40. The molecule has 1 saturated heterocycles. The van der Waals surface area contributed by atoms with E-state index in [4.69, 9.17) is 5.73 Å². The van der Waals surface area contributed by atoms with Crippen molar-refractivity contribution in [3.05, 3.63) is 28.2 Å². The SMILES string of the molecule is CC1C(=O)NC(=O)CN1Cc1cc(N)cc(Br)c1. The molecule has 96 valence electrons. The number of halogens is 1. The standard InChI is InChI=1S/C12H14BrN3O2/c1-7-12(18)15-11(17)6-16(7)5-8-2-9(13)4-10(14)3-8/h2-4,7H,5-6,14H2,1H3,(H,15,17,18). The average molecular weight is 312 g/mol. The van der Waals surface area contributed by atoms with E-state index in [2.05, 4.69) is 21.2 Å². The second kappa shape index (κ2) is 5.07. The summed E-state index contributed by atoms with van der Waals surface area (Å²) in [5, 5.41) is 2.31. The first-order valence-corrected chi connectivity index (χ1v) is 6.37. The highest BCUT2D eigenvalue weighted by Crippen LogP contribution is 2.19. The zero-order valence-corrected chi connectivity index (χ0v) is 11.5. The number of carbonyl (C=O) groups excluding carboxylic acids is 2. The molecule has 0 bridgehead atoms. The van der Waals surface area contributed by atoms with Crippen LogP contribution in [0, 0.1) is 0 Å². The summed E-state index contributed by atoms with van der Waals surface area (Å²) in [6.07, 6.45) is 0. The molecule has 0 aliphatic carbocycles. The van der Waals surface area contributed by atoms with Crippen LogP contribution in [0.25, 0.3) is 0 Å². The van der Waals surface area contributed by atoms with Gasteiger partial charge in [0, 0.05) is 16.7 Å². The second-order valence-electron chi connectivity index (χ2n) is 4.39. The summed E-state index contributed by atoms with van der Waals surface area (Å²) >= 11 is 3.37. The molecule has 3 N–H and O–H groups in total. The van der Waals surface area contributed by atoms with E-state index in [0.717, 1.165) is 10.0 Å². The van der Waals surface area contributed by atoms with Crippen LogP contribution in [0.5, 0.6) is 0 Å². The molecule has 1 aliphatic rings. The van der Waals surface area contributed by atoms with Gasteiger partial charge in [-0.1, -0.05) is 15.9 Å². The number of nitrogens with two attached hydrogens (primary N) is 1. The monoisotopic (exact) mass is 311 g/mol. The van der Waals surface area contributed by atoms with Crippen LogP contribution >= 0.6 is 15.9 Å². The lowest BCUT2D eigenvalue weighted by Gasteiger charge is -2.31. The summed E-state index contributed by atoms with van der Waals surface area (Å²) in [5.74, 6) is -0.518. The van der Waals surface area contributed by atoms with Gasteiger partial charge in [0.25, 0.3) is 0 Å². The molecule has 1 aromatic rings. The first kappa shape index (κ1) is 13.0. The van der Waals surface area contributed by atoms with Gasteiger partial charge in [-0.3, -0.25) is 19.8 Å². The maximum atomic E-state index is 11.5. The lowest BCUT2D eigenvalue weighted by molar-refractivity contribution is -0.139. The van der Waals surface area contributed by atoms with Gasteiger partial charge in [-0.15, -0.1) is 0 Å². The normalized spacial score (nSPS) is 20.9. The molecule has 2 rings (SSSR count). The van der Waals surface area contributed by atoms with Crippen LogP contribution in [0.2, 0.25) is 0 Å². The maximum Gasteiger partial charge on any atom is 0.243 e.